The van der Waals surface area contributed by atoms with Gasteiger partial charge >= 0.3 is 0 Å². The van der Waals surface area contributed by atoms with Gasteiger partial charge in [0, 0.05) is 13.1 Å². The van der Waals surface area contributed by atoms with Crippen LogP contribution in [0.5, 0.6) is 0 Å². The number of amides is 1. The summed E-state index contributed by atoms with van der Waals surface area (Å²) in [5.74, 6) is 0.154. The Morgan fingerprint density at radius 2 is 1.73 bits per heavy atom. The molecule has 1 saturated heterocycles. The summed E-state index contributed by atoms with van der Waals surface area (Å²) >= 11 is 0. The first-order chi connectivity index (χ1) is 7.36. The summed E-state index contributed by atoms with van der Waals surface area (Å²) in [5.41, 5.74) is 0.994. The normalized spacial score (nSPS) is 16.4. The SMILES string of the molecule is O=C([CH]c1ccccc1)N1CCCCC1. The summed E-state index contributed by atoms with van der Waals surface area (Å²) in [5, 5.41) is 0. The van der Waals surface area contributed by atoms with Crippen LogP contribution in [0.4, 0.5) is 0 Å². The minimum Gasteiger partial charge on any atom is -0.342 e. The van der Waals surface area contributed by atoms with Gasteiger partial charge < -0.3 is 4.90 Å². The van der Waals surface area contributed by atoms with E-state index in [4.69, 9.17) is 0 Å². The molecule has 15 heavy (non-hydrogen) atoms. The molecule has 0 aliphatic carbocycles. The molecule has 1 radical (unpaired) electrons. The van der Waals surface area contributed by atoms with E-state index >= 15 is 0 Å². The molecule has 1 fully saturated rings. The van der Waals surface area contributed by atoms with Gasteiger partial charge in [0.1, 0.15) is 0 Å². The lowest BCUT2D eigenvalue weighted by atomic mass is 10.1. The minimum absolute atomic E-state index is 0.154. The van der Waals surface area contributed by atoms with Gasteiger partial charge in [-0.1, -0.05) is 30.3 Å². The standard InChI is InChI=1S/C13H16NO/c15-13(14-9-5-2-6-10-14)11-12-7-3-1-4-8-12/h1,3-4,7-8,11H,2,5-6,9-10H2. The Balaban J connectivity index is 1.91. The molecule has 1 aromatic rings. The van der Waals surface area contributed by atoms with Crippen molar-refractivity contribution in [3.8, 4) is 0 Å². The molecule has 2 heteroatoms. The number of hydrogen-bond acceptors (Lipinski definition) is 1. The van der Waals surface area contributed by atoms with Gasteiger partial charge in [-0.3, -0.25) is 4.79 Å². The summed E-state index contributed by atoms with van der Waals surface area (Å²) in [4.78, 5) is 13.8. The van der Waals surface area contributed by atoms with Crippen LogP contribution in [0.3, 0.4) is 0 Å². The highest BCUT2D eigenvalue weighted by molar-refractivity contribution is 5.88. The third-order valence-electron chi connectivity index (χ3n) is 2.76. The molecular weight excluding hydrogens is 186 g/mol. The molecule has 0 spiro atoms. The van der Waals surface area contributed by atoms with Crippen molar-refractivity contribution in [1.29, 1.82) is 0 Å². The lowest BCUT2D eigenvalue weighted by Gasteiger charge is -2.26. The Hall–Kier alpha value is -1.31. The number of benzene rings is 1. The van der Waals surface area contributed by atoms with Crippen molar-refractivity contribution in [2.75, 3.05) is 13.1 Å². The molecule has 0 unspecified atom stereocenters. The maximum Gasteiger partial charge on any atom is 0.231 e. The van der Waals surface area contributed by atoms with Crippen LogP contribution in [0.25, 0.3) is 0 Å². The second kappa shape index (κ2) is 4.96. The molecule has 2 nitrogen and oxygen atoms in total. The van der Waals surface area contributed by atoms with Crippen molar-refractivity contribution >= 4 is 5.91 Å². The first-order valence-corrected chi connectivity index (χ1v) is 5.55. The lowest BCUT2D eigenvalue weighted by Crippen LogP contribution is -2.35. The maximum absolute atomic E-state index is 11.8. The van der Waals surface area contributed by atoms with Gasteiger partial charge in [-0.15, -0.1) is 0 Å². The second-order valence-electron chi connectivity index (χ2n) is 3.94. The number of likely N-dealkylation sites (tertiary alicyclic amines) is 1. The van der Waals surface area contributed by atoms with E-state index in [1.54, 1.807) is 6.42 Å². The van der Waals surface area contributed by atoms with Crippen molar-refractivity contribution in [2.45, 2.75) is 19.3 Å². The smallest absolute Gasteiger partial charge is 0.231 e. The van der Waals surface area contributed by atoms with Crippen molar-refractivity contribution in [3.05, 3.63) is 42.3 Å². The molecule has 0 aromatic heterocycles. The van der Waals surface area contributed by atoms with Crippen LogP contribution in [-0.2, 0) is 4.79 Å². The number of piperidine rings is 1. The summed E-state index contributed by atoms with van der Waals surface area (Å²) in [6, 6.07) is 9.79. The van der Waals surface area contributed by atoms with Crippen LogP contribution < -0.4 is 0 Å². The van der Waals surface area contributed by atoms with E-state index in [1.165, 1.54) is 6.42 Å². The van der Waals surface area contributed by atoms with E-state index in [-0.39, 0.29) is 5.91 Å². The zero-order valence-electron chi connectivity index (χ0n) is 8.86. The Labute approximate surface area is 90.9 Å². The molecule has 1 aromatic carbocycles. The van der Waals surface area contributed by atoms with Crippen LogP contribution in [0.1, 0.15) is 24.8 Å². The summed E-state index contributed by atoms with van der Waals surface area (Å²) in [6.45, 7) is 1.84. The predicted molar refractivity (Wildman–Crippen MR) is 60.3 cm³/mol. The third kappa shape index (κ3) is 2.82. The second-order valence-corrected chi connectivity index (χ2v) is 3.94. The van der Waals surface area contributed by atoms with E-state index < -0.39 is 0 Å². The van der Waals surface area contributed by atoms with Gasteiger partial charge in [-0.25, -0.2) is 0 Å². The average molecular weight is 202 g/mol. The summed E-state index contributed by atoms with van der Waals surface area (Å²) < 4.78 is 0. The van der Waals surface area contributed by atoms with E-state index in [0.29, 0.717) is 0 Å². The van der Waals surface area contributed by atoms with Crippen LogP contribution in [0.15, 0.2) is 30.3 Å². The highest BCUT2D eigenvalue weighted by Crippen LogP contribution is 2.12. The van der Waals surface area contributed by atoms with Crippen molar-refractivity contribution in [3.63, 3.8) is 0 Å². The fourth-order valence-electron chi connectivity index (χ4n) is 1.90. The minimum atomic E-state index is 0.154. The number of rotatable bonds is 2. The number of carbonyl (C=O) groups is 1. The van der Waals surface area contributed by atoms with E-state index in [1.807, 2.05) is 35.2 Å². The molecule has 2 rings (SSSR count). The van der Waals surface area contributed by atoms with Gasteiger partial charge in [0.2, 0.25) is 5.91 Å². The fraction of sp³-hybridized carbons (Fsp3) is 0.385. The van der Waals surface area contributed by atoms with Crippen LogP contribution in [-0.4, -0.2) is 23.9 Å². The largest absolute Gasteiger partial charge is 0.342 e. The van der Waals surface area contributed by atoms with Gasteiger partial charge in [0.05, 0.1) is 6.42 Å². The Bertz CT molecular complexity index is 315. The third-order valence-corrected chi connectivity index (χ3v) is 2.76. The highest BCUT2D eigenvalue weighted by Gasteiger charge is 2.16. The number of nitrogens with zero attached hydrogens (tertiary/aromatic N) is 1. The van der Waals surface area contributed by atoms with E-state index in [0.717, 1.165) is 31.5 Å². The molecule has 0 N–H and O–H groups in total. The Morgan fingerprint density at radius 1 is 1.07 bits per heavy atom. The number of carbonyl (C=O) groups excluding carboxylic acids is 1. The monoisotopic (exact) mass is 202 g/mol. The Kier molecular flexibility index (Phi) is 3.38. The zero-order valence-corrected chi connectivity index (χ0v) is 8.86. The molecule has 1 heterocycles. The van der Waals surface area contributed by atoms with Gasteiger partial charge in [0.15, 0.2) is 0 Å². The molecule has 0 bridgehead atoms. The molecular formula is C13H16NO. The molecule has 0 saturated carbocycles. The topological polar surface area (TPSA) is 20.3 Å². The van der Waals surface area contributed by atoms with E-state index in [2.05, 4.69) is 0 Å². The highest BCUT2D eigenvalue weighted by atomic mass is 16.2. The predicted octanol–water partition coefficient (Wildman–Crippen LogP) is 2.25. The van der Waals surface area contributed by atoms with Crippen molar-refractivity contribution < 1.29 is 4.79 Å². The molecule has 0 atom stereocenters. The Morgan fingerprint density at radius 3 is 2.40 bits per heavy atom. The van der Waals surface area contributed by atoms with Crippen molar-refractivity contribution in [2.24, 2.45) is 0 Å². The van der Waals surface area contributed by atoms with E-state index in [9.17, 15) is 4.79 Å². The summed E-state index contributed by atoms with van der Waals surface area (Å²) in [6.07, 6.45) is 5.28. The molecule has 79 valence electrons. The molecule has 1 aliphatic heterocycles. The van der Waals surface area contributed by atoms with Gasteiger partial charge in [0.25, 0.3) is 0 Å². The molecule has 1 aliphatic rings. The quantitative estimate of drug-likeness (QED) is 0.720. The van der Waals surface area contributed by atoms with Crippen LogP contribution in [0, 0.1) is 6.42 Å². The van der Waals surface area contributed by atoms with Crippen LogP contribution >= 0.6 is 0 Å². The maximum atomic E-state index is 11.8. The number of hydrogen-bond donors (Lipinski definition) is 0. The van der Waals surface area contributed by atoms with Gasteiger partial charge in [-0.2, -0.15) is 0 Å². The zero-order chi connectivity index (χ0) is 10.5. The van der Waals surface area contributed by atoms with Crippen molar-refractivity contribution in [1.82, 2.24) is 4.90 Å². The summed E-state index contributed by atoms with van der Waals surface area (Å²) in [7, 11) is 0. The first kappa shape index (κ1) is 10.2. The fourth-order valence-corrected chi connectivity index (χ4v) is 1.90. The lowest BCUT2D eigenvalue weighted by molar-refractivity contribution is -0.128. The van der Waals surface area contributed by atoms with Gasteiger partial charge in [-0.05, 0) is 24.8 Å². The molecule has 1 amide bonds. The first-order valence-electron chi connectivity index (χ1n) is 5.55. The average Bonchev–Trinajstić information content (AvgIpc) is 2.31. The van der Waals surface area contributed by atoms with Crippen LogP contribution in [0.2, 0.25) is 0 Å².